The number of hydrogen-bond donors (Lipinski definition) is 0. The molecule has 134 valence electrons. The summed E-state index contributed by atoms with van der Waals surface area (Å²) in [7, 11) is 0. The average molecular weight is 363 g/mol. The van der Waals surface area contributed by atoms with E-state index in [2.05, 4.69) is 4.98 Å². The molecule has 0 unspecified atom stereocenters. The van der Waals surface area contributed by atoms with E-state index in [4.69, 9.17) is 14.2 Å². The molecule has 0 radical (unpaired) electrons. The number of thiazole rings is 1. The molecule has 0 atom stereocenters. The van der Waals surface area contributed by atoms with Crippen LogP contribution in [0.3, 0.4) is 0 Å². The highest BCUT2D eigenvalue weighted by molar-refractivity contribution is 7.16. The predicted octanol–water partition coefficient (Wildman–Crippen LogP) is 3.35. The van der Waals surface area contributed by atoms with Gasteiger partial charge < -0.3 is 14.2 Å². The molecule has 25 heavy (non-hydrogen) atoms. The molecule has 2 aromatic rings. The van der Waals surface area contributed by atoms with Gasteiger partial charge in [-0.3, -0.25) is 9.59 Å². The first-order valence-electron chi connectivity index (χ1n) is 8.42. The van der Waals surface area contributed by atoms with Gasteiger partial charge in [-0.15, -0.1) is 11.3 Å². The van der Waals surface area contributed by atoms with E-state index in [0.29, 0.717) is 44.6 Å². The molecular formula is C18H21NO5S. The number of fused-ring (bicyclic) bond motifs is 1. The first kappa shape index (κ1) is 18.0. The molecule has 3 rings (SSSR count). The van der Waals surface area contributed by atoms with Crippen molar-refractivity contribution < 1.29 is 23.8 Å². The minimum atomic E-state index is -0.864. The molecule has 1 aliphatic heterocycles. The van der Waals surface area contributed by atoms with Gasteiger partial charge in [-0.25, -0.2) is 4.98 Å². The number of nitrogens with zero attached hydrogens (tertiary/aromatic N) is 1. The number of hydrogen-bond acceptors (Lipinski definition) is 7. The van der Waals surface area contributed by atoms with Crippen LogP contribution in [0.2, 0.25) is 0 Å². The number of carbonyl (C=O) groups excluding carboxylic acids is 2. The minimum Gasteiger partial charge on any atom is -0.466 e. The van der Waals surface area contributed by atoms with Crippen LogP contribution < -0.4 is 0 Å². The first-order valence-corrected chi connectivity index (χ1v) is 9.30. The largest absolute Gasteiger partial charge is 0.466 e. The number of rotatable bonds is 8. The van der Waals surface area contributed by atoms with Crippen molar-refractivity contribution in [3.05, 3.63) is 29.3 Å². The maximum Gasteiger partial charge on any atom is 0.305 e. The highest BCUT2D eigenvalue weighted by atomic mass is 32.1. The van der Waals surface area contributed by atoms with Gasteiger partial charge in [-0.1, -0.05) is 0 Å². The van der Waals surface area contributed by atoms with Crippen LogP contribution in [0, 0.1) is 0 Å². The van der Waals surface area contributed by atoms with Crippen molar-refractivity contribution in [2.45, 2.75) is 38.4 Å². The minimum absolute atomic E-state index is 0.0323. The summed E-state index contributed by atoms with van der Waals surface area (Å²) in [5.41, 5.74) is 3.33. The van der Waals surface area contributed by atoms with Crippen LogP contribution in [-0.4, -0.2) is 42.3 Å². The van der Waals surface area contributed by atoms with Crippen molar-refractivity contribution in [1.82, 2.24) is 4.98 Å². The van der Waals surface area contributed by atoms with Crippen molar-refractivity contribution in [2.75, 3.05) is 19.8 Å². The average Bonchev–Trinajstić information content (AvgIpc) is 3.27. The quantitative estimate of drug-likeness (QED) is 0.529. The molecule has 1 saturated heterocycles. The van der Waals surface area contributed by atoms with Crippen LogP contribution in [0.5, 0.6) is 0 Å². The van der Waals surface area contributed by atoms with E-state index in [1.165, 1.54) is 11.3 Å². The molecule has 0 aliphatic carbocycles. The van der Waals surface area contributed by atoms with Gasteiger partial charge in [0.15, 0.2) is 11.6 Å². The summed E-state index contributed by atoms with van der Waals surface area (Å²) in [4.78, 5) is 28.3. The van der Waals surface area contributed by atoms with Gasteiger partial charge in [-0.05, 0) is 25.1 Å². The molecule has 0 saturated carbocycles. The lowest BCUT2D eigenvalue weighted by Gasteiger charge is -2.26. The SMILES string of the molecule is CCOC(=O)CCC1(CCC(=O)c2ccc3ncsc3c2)OCCO1. The third-order valence-corrected chi connectivity index (χ3v) is 5.01. The van der Waals surface area contributed by atoms with E-state index in [-0.39, 0.29) is 18.2 Å². The van der Waals surface area contributed by atoms with Crippen LogP contribution >= 0.6 is 11.3 Å². The van der Waals surface area contributed by atoms with Crippen molar-refractivity contribution in [3.63, 3.8) is 0 Å². The fraction of sp³-hybridized carbons (Fsp3) is 0.500. The lowest BCUT2D eigenvalue weighted by molar-refractivity contribution is -0.173. The Morgan fingerprint density at radius 3 is 2.76 bits per heavy atom. The molecule has 1 aliphatic rings. The summed E-state index contributed by atoms with van der Waals surface area (Å²) in [6.07, 6.45) is 1.33. The van der Waals surface area contributed by atoms with E-state index >= 15 is 0 Å². The summed E-state index contributed by atoms with van der Waals surface area (Å²) in [5, 5.41) is 0. The summed E-state index contributed by atoms with van der Waals surface area (Å²) >= 11 is 1.51. The van der Waals surface area contributed by atoms with E-state index < -0.39 is 5.79 Å². The van der Waals surface area contributed by atoms with Gasteiger partial charge in [0.2, 0.25) is 0 Å². The Hall–Kier alpha value is -1.83. The molecule has 1 fully saturated rings. The topological polar surface area (TPSA) is 74.7 Å². The van der Waals surface area contributed by atoms with Gasteiger partial charge in [0, 0.05) is 24.8 Å². The van der Waals surface area contributed by atoms with Gasteiger partial charge in [0.1, 0.15) is 0 Å². The second-order valence-corrected chi connectivity index (χ2v) is 6.76. The summed E-state index contributed by atoms with van der Waals surface area (Å²) in [6, 6.07) is 5.53. The Bertz CT molecular complexity index is 751. The smallest absolute Gasteiger partial charge is 0.305 e. The Kier molecular flexibility index (Phi) is 5.78. The molecule has 1 aromatic carbocycles. The number of ether oxygens (including phenoxy) is 3. The van der Waals surface area contributed by atoms with E-state index in [9.17, 15) is 9.59 Å². The summed E-state index contributed by atoms with van der Waals surface area (Å²) < 4.78 is 17.4. The van der Waals surface area contributed by atoms with E-state index in [1.54, 1.807) is 18.5 Å². The zero-order valence-corrected chi connectivity index (χ0v) is 15.0. The van der Waals surface area contributed by atoms with Gasteiger partial charge >= 0.3 is 5.97 Å². The van der Waals surface area contributed by atoms with Gasteiger partial charge in [0.25, 0.3) is 0 Å². The van der Waals surface area contributed by atoms with Crippen LogP contribution in [0.1, 0.15) is 43.0 Å². The molecule has 7 heteroatoms. The highest BCUT2D eigenvalue weighted by Gasteiger charge is 2.37. The normalized spacial score (nSPS) is 16.2. The Balaban J connectivity index is 1.60. The highest BCUT2D eigenvalue weighted by Crippen LogP contribution is 2.31. The zero-order chi connectivity index (χ0) is 17.7. The lowest BCUT2D eigenvalue weighted by Crippen LogP contribution is -2.32. The Morgan fingerprint density at radius 1 is 1.24 bits per heavy atom. The second kappa shape index (κ2) is 8.03. The van der Waals surface area contributed by atoms with Crippen LogP contribution in [0.4, 0.5) is 0 Å². The number of esters is 1. The summed E-state index contributed by atoms with van der Waals surface area (Å²) in [6.45, 7) is 3.08. The second-order valence-electron chi connectivity index (χ2n) is 5.87. The number of carbonyl (C=O) groups is 2. The third-order valence-electron chi connectivity index (χ3n) is 4.22. The first-order chi connectivity index (χ1) is 12.1. The van der Waals surface area contributed by atoms with Crippen LogP contribution in [0.25, 0.3) is 10.2 Å². The summed E-state index contributed by atoms with van der Waals surface area (Å²) in [5.74, 6) is -1.11. The Labute approximate surface area is 150 Å². The standard InChI is InChI=1S/C18H21NO5S/c1-2-22-17(21)6-8-18(23-9-10-24-18)7-5-15(20)13-3-4-14-16(11-13)25-12-19-14/h3-4,11-12H,2,5-10H2,1H3. The predicted molar refractivity (Wildman–Crippen MR) is 93.7 cm³/mol. The molecule has 2 heterocycles. The molecule has 0 spiro atoms. The van der Waals surface area contributed by atoms with Crippen molar-refractivity contribution >= 4 is 33.3 Å². The fourth-order valence-electron chi connectivity index (χ4n) is 2.91. The van der Waals surface area contributed by atoms with Gasteiger partial charge in [-0.2, -0.15) is 0 Å². The molecule has 6 nitrogen and oxygen atoms in total. The zero-order valence-electron chi connectivity index (χ0n) is 14.2. The number of Topliss-reactive ketones (excluding diaryl/α,β-unsaturated/α-hetero) is 1. The molecular weight excluding hydrogens is 342 g/mol. The number of aromatic nitrogens is 1. The van der Waals surface area contributed by atoms with Crippen LogP contribution in [0.15, 0.2) is 23.7 Å². The van der Waals surface area contributed by atoms with E-state index in [0.717, 1.165) is 10.2 Å². The molecule has 0 amide bonds. The molecule has 0 bridgehead atoms. The third kappa shape index (κ3) is 4.42. The fourth-order valence-corrected chi connectivity index (χ4v) is 3.63. The number of ketones is 1. The molecule has 1 aromatic heterocycles. The van der Waals surface area contributed by atoms with E-state index in [1.807, 2.05) is 12.1 Å². The maximum absolute atomic E-state index is 12.5. The maximum atomic E-state index is 12.5. The Morgan fingerprint density at radius 2 is 2.00 bits per heavy atom. The monoisotopic (exact) mass is 363 g/mol. The van der Waals surface area contributed by atoms with Crippen LogP contribution in [-0.2, 0) is 19.0 Å². The van der Waals surface area contributed by atoms with Gasteiger partial charge in [0.05, 0.1) is 42.0 Å². The lowest BCUT2D eigenvalue weighted by atomic mass is 9.99. The van der Waals surface area contributed by atoms with Crippen molar-refractivity contribution in [3.8, 4) is 0 Å². The van der Waals surface area contributed by atoms with Crippen molar-refractivity contribution in [1.29, 1.82) is 0 Å². The number of benzene rings is 1. The van der Waals surface area contributed by atoms with Crippen molar-refractivity contribution in [2.24, 2.45) is 0 Å². The molecule has 0 N–H and O–H groups in total.